The van der Waals surface area contributed by atoms with E-state index in [1.807, 2.05) is 13.0 Å². The SMILES string of the molecule is CC1=CC(CO)(CO)C[C@H]1n1ccc(N)nc1=O. The summed E-state index contributed by atoms with van der Waals surface area (Å²) >= 11 is 0. The summed E-state index contributed by atoms with van der Waals surface area (Å²) in [4.78, 5) is 15.5. The molecule has 0 aliphatic heterocycles. The molecule has 0 saturated heterocycles. The molecule has 0 bridgehead atoms. The molecule has 0 unspecified atom stereocenters. The molecule has 1 aliphatic carbocycles. The Bertz CT molecular complexity index is 532. The topological polar surface area (TPSA) is 101 Å². The Kier molecular flexibility index (Phi) is 3.23. The Hall–Kier alpha value is -1.66. The lowest BCUT2D eigenvalue weighted by atomic mass is 9.89. The van der Waals surface area contributed by atoms with Crippen molar-refractivity contribution in [2.24, 2.45) is 5.41 Å². The van der Waals surface area contributed by atoms with Gasteiger partial charge < -0.3 is 15.9 Å². The van der Waals surface area contributed by atoms with Gasteiger partial charge in [0.05, 0.1) is 19.3 Å². The maximum absolute atomic E-state index is 11.8. The van der Waals surface area contributed by atoms with E-state index in [4.69, 9.17) is 5.73 Å². The molecule has 6 heteroatoms. The van der Waals surface area contributed by atoms with Crippen molar-refractivity contribution >= 4 is 5.82 Å². The summed E-state index contributed by atoms with van der Waals surface area (Å²) in [5.41, 5.74) is 5.31. The smallest absolute Gasteiger partial charge is 0.350 e. The van der Waals surface area contributed by atoms with Gasteiger partial charge in [0.25, 0.3) is 0 Å². The highest BCUT2D eigenvalue weighted by Gasteiger charge is 2.37. The van der Waals surface area contributed by atoms with Gasteiger partial charge in [-0.25, -0.2) is 4.79 Å². The molecule has 0 fully saturated rings. The van der Waals surface area contributed by atoms with E-state index in [0.717, 1.165) is 5.57 Å². The Labute approximate surface area is 104 Å². The third-order valence-corrected chi connectivity index (χ3v) is 3.48. The van der Waals surface area contributed by atoms with Crippen LogP contribution in [0.4, 0.5) is 5.82 Å². The van der Waals surface area contributed by atoms with Crippen LogP contribution in [0.15, 0.2) is 28.7 Å². The van der Waals surface area contributed by atoms with Gasteiger partial charge in [-0.05, 0) is 19.4 Å². The molecule has 0 amide bonds. The molecule has 1 aromatic rings. The van der Waals surface area contributed by atoms with Crippen LogP contribution in [0.3, 0.4) is 0 Å². The molecule has 0 radical (unpaired) electrons. The molecule has 1 heterocycles. The number of allylic oxidation sites excluding steroid dienone is 1. The number of nitrogens with two attached hydrogens (primary N) is 1. The number of aliphatic hydroxyl groups excluding tert-OH is 2. The highest BCUT2D eigenvalue weighted by molar-refractivity contribution is 5.26. The predicted octanol–water partition coefficient (Wildman–Crippen LogP) is -0.312. The summed E-state index contributed by atoms with van der Waals surface area (Å²) < 4.78 is 1.48. The van der Waals surface area contributed by atoms with E-state index in [-0.39, 0.29) is 25.1 Å². The molecule has 6 nitrogen and oxygen atoms in total. The van der Waals surface area contributed by atoms with Crippen LogP contribution in [0.25, 0.3) is 0 Å². The molecule has 0 aromatic carbocycles. The second-order valence-corrected chi connectivity index (χ2v) is 4.83. The number of hydrogen-bond acceptors (Lipinski definition) is 5. The first kappa shape index (κ1) is 12.8. The molecular formula is C12H17N3O3. The quantitative estimate of drug-likeness (QED) is 0.639. The van der Waals surface area contributed by atoms with E-state index in [1.165, 1.54) is 4.57 Å². The van der Waals surface area contributed by atoms with Gasteiger partial charge in [-0.15, -0.1) is 0 Å². The Morgan fingerprint density at radius 2 is 2.22 bits per heavy atom. The van der Waals surface area contributed by atoms with Crippen molar-refractivity contribution in [2.75, 3.05) is 18.9 Å². The average molecular weight is 251 g/mol. The van der Waals surface area contributed by atoms with E-state index in [9.17, 15) is 15.0 Å². The van der Waals surface area contributed by atoms with Crippen LogP contribution in [-0.4, -0.2) is 33.0 Å². The van der Waals surface area contributed by atoms with E-state index >= 15 is 0 Å². The molecule has 1 aromatic heterocycles. The molecular weight excluding hydrogens is 234 g/mol. The van der Waals surface area contributed by atoms with Crippen molar-refractivity contribution < 1.29 is 10.2 Å². The van der Waals surface area contributed by atoms with Crippen molar-refractivity contribution in [3.8, 4) is 0 Å². The van der Waals surface area contributed by atoms with Crippen LogP contribution in [0.2, 0.25) is 0 Å². The minimum Gasteiger partial charge on any atom is -0.395 e. The maximum atomic E-state index is 11.8. The fourth-order valence-corrected chi connectivity index (χ4v) is 2.44. The first-order chi connectivity index (χ1) is 8.51. The van der Waals surface area contributed by atoms with Crippen molar-refractivity contribution in [2.45, 2.75) is 19.4 Å². The van der Waals surface area contributed by atoms with E-state index in [0.29, 0.717) is 6.42 Å². The van der Waals surface area contributed by atoms with Crippen molar-refractivity contribution in [1.82, 2.24) is 9.55 Å². The fraction of sp³-hybridized carbons (Fsp3) is 0.500. The number of aliphatic hydroxyl groups is 2. The van der Waals surface area contributed by atoms with Gasteiger partial charge in [0.15, 0.2) is 0 Å². The third kappa shape index (κ3) is 2.04. The van der Waals surface area contributed by atoms with Gasteiger partial charge in [-0.1, -0.05) is 11.6 Å². The largest absolute Gasteiger partial charge is 0.395 e. The molecule has 98 valence electrons. The standard InChI is InChI=1S/C12H17N3O3/c1-8-4-12(6-16,7-17)5-9(8)15-3-2-10(13)14-11(15)18/h2-4,9,16-17H,5-7H2,1H3,(H2,13,14,18)/t9-/m1/s1. The van der Waals surface area contributed by atoms with Crippen LogP contribution in [-0.2, 0) is 0 Å². The molecule has 2 rings (SSSR count). The second-order valence-electron chi connectivity index (χ2n) is 4.83. The number of anilines is 1. The van der Waals surface area contributed by atoms with Crippen molar-refractivity contribution in [3.63, 3.8) is 0 Å². The zero-order chi connectivity index (χ0) is 13.3. The summed E-state index contributed by atoms with van der Waals surface area (Å²) in [5.74, 6) is 0.187. The summed E-state index contributed by atoms with van der Waals surface area (Å²) in [5, 5.41) is 18.8. The van der Waals surface area contributed by atoms with Crippen molar-refractivity contribution in [3.05, 3.63) is 34.4 Å². The lowest BCUT2D eigenvalue weighted by molar-refractivity contribution is 0.0864. The molecule has 0 spiro atoms. The molecule has 1 aliphatic rings. The normalized spacial score (nSPS) is 21.9. The zero-order valence-corrected chi connectivity index (χ0v) is 10.2. The van der Waals surface area contributed by atoms with Crippen molar-refractivity contribution in [1.29, 1.82) is 0 Å². The second kappa shape index (κ2) is 4.55. The zero-order valence-electron chi connectivity index (χ0n) is 10.2. The summed E-state index contributed by atoms with van der Waals surface area (Å²) in [6.45, 7) is 1.59. The number of aromatic nitrogens is 2. The van der Waals surface area contributed by atoms with Gasteiger partial charge in [0, 0.05) is 11.6 Å². The molecule has 1 atom stereocenters. The Morgan fingerprint density at radius 3 is 2.72 bits per heavy atom. The van der Waals surface area contributed by atoms with E-state index < -0.39 is 11.1 Å². The van der Waals surface area contributed by atoms with Gasteiger partial charge in [0.1, 0.15) is 5.82 Å². The monoisotopic (exact) mass is 251 g/mol. The molecule has 0 saturated carbocycles. The number of hydrogen-bond donors (Lipinski definition) is 3. The summed E-state index contributed by atoms with van der Waals surface area (Å²) in [6.07, 6.45) is 3.91. The van der Waals surface area contributed by atoms with Crippen LogP contribution < -0.4 is 11.4 Å². The van der Waals surface area contributed by atoms with Gasteiger partial charge in [0.2, 0.25) is 0 Å². The third-order valence-electron chi connectivity index (χ3n) is 3.48. The van der Waals surface area contributed by atoms with E-state index in [1.54, 1.807) is 12.3 Å². The first-order valence-electron chi connectivity index (χ1n) is 5.77. The maximum Gasteiger partial charge on any atom is 0.350 e. The van der Waals surface area contributed by atoms with Gasteiger partial charge in [-0.2, -0.15) is 4.98 Å². The first-order valence-corrected chi connectivity index (χ1v) is 5.77. The lowest BCUT2D eigenvalue weighted by Crippen LogP contribution is -2.31. The van der Waals surface area contributed by atoms with Crippen LogP contribution in [0, 0.1) is 5.41 Å². The van der Waals surface area contributed by atoms with Gasteiger partial charge in [-0.3, -0.25) is 4.57 Å². The number of rotatable bonds is 3. The van der Waals surface area contributed by atoms with Crippen LogP contribution in [0.1, 0.15) is 19.4 Å². The number of nitrogen functional groups attached to an aromatic ring is 1. The Morgan fingerprint density at radius 1 is 1.56 bits per heavy atom. The fourth-order valence-electron chi connectivity index (χ4n) is 2.44. The minimum absolute atomic E-state index is 0.144. The molecule has 18 heavy (non-hydrogen) atoms. The van der Waals surface area contributed by atoms with E-state index in [2.05, 4.69) is 4.98 Å². The lowest BCUT2D eigenvalue weighted by Gasteiger charge is -2.24. The van der Waals surface area contributed by atoms with Crippen LogP contribution >= 0.6 is 0 Å². The highest BCUT2D eigenvalue weighted by Crippen LogP contribution is 2.41. The highest BCUT2D eigenvalue weighted by atomic mass is 16.3. The number of nitrogens with zero attached hydrogens (tertiary/aromatic N) is 2. The minimum atomic E-state index is -0.657. The predicted molar refractivity (Wildman–Crippen MR) is 66.9 cm³/mol. The summed E-state index contributed by atoms with van der Waals surface area (Å²) in [6, 6.07) is 1.37. The summed E-state index contributed by atoms with van der Waals surface area (Å²) in [7, 11) is 0. The van der Waals surface area contributed by atoms with Gasteiger partial charge >= 0.3 is 5.69 Å². The molecule has 4 N–H and O–H groups in total. The average Bonchev–Trinajstić information content (AvgIpc) is 2.67. The van der Waals surface area contributed by atoms with Crippen LogP contribution in [0.5, 0.6) is 0 Å². The Balaban J connectivity index is 2.37.